The quantitative estimate of drug-likeness (QED) is 0.514. The largest absolute Gasteiger partial charge is 0.263 e. The van der Waals surface area contributed by atoms with E-state index in [4.69, 9.17) is 5.21 Å². The average Bonchev–Trinajstić information content (AvgIpc) is 2.78. The third kappa shape index (κ3) is 2.75. The average molecular weight is 319 g/mol. The Morgan fingerprint density at radius 1 is 0.750 bits per heavy atom. The normalized spacial score (nSPS) is 11.1. The minimum atomic E-state index is 1.00. The van der Waals surface area contributed by atoms with Crippen molar-refractivity contribution < 1.29 is 4.68 Å². The Balaban J connectivity index is 2.20. The molecule has 3 nitrogen and oxygen atoms in total. The van der Waals surface area contributed by atoms with Crippen molar-refractivity contribution in [2.24, 2.45) is 0 Å². The predicted octanol–water partition coefficient (Wildman–Crippen LogP) is 4.11. The van der Waals surface area contributed by atoms with Crippen molar-refractivity contribution in [3.05, 3.63) is 69.5 Å². The lowest BCUT2D eigenvalue weighted by molar-refractivity contribution is -0.665. The van der Waals surface area contributed by atoms with E-state index in [0.29, 0.717) is 0 Å². The van der Waals surface area contributed by atoms with Crippen molar-refractivity contribution in [3.8, 4) is 11.4 Å². The Bertz CT molecular complexity index is 886. The van der Waals surface area contributed by atoms with Crippen molar-refractivity contribution in [1.82, 2.24) is 9.90 Å². The van der Waals surface area contributed by atoms with Crippen LogP contribution in [0.3, 0.4) is 0 Å². The molecular weight excluding hydrogens is 294 g/mol. The summed E-state index contributed by atoms with van der Waals surface area (Å²) in [6.07, 6.45) is 3.40. The van der Waals surface area contributed by atoms with E-state index in [1.54, 1.807) is 0 Å². The lowest BCUT2D eigenvalue weighted by Gasteiger charge is -2.14. The first kappa shape index (κ1) is 16.4. The fourth-order valence-corrected chi connectivity index (χ4v) is 3.71. The van der Waals surface area contributed by atoms with Gasteiger partial charge in [-0.25, -0.2) is 0 Å². The van der Waals surface area contributed by atoms with Crippen LogP contribution in [0, 0.1) is 54.7 Å². The standard InChI is InChI=1S/C21H25N3/c1-13-8-15(3)20(16(4)9-13)23-12-19(7)24(22-23)21-17(5)10-14(2)11-18(21)6/h8-11H,1-7H3. The van der Waals surface area contributed by atoms with Gasteiger partial charge in [0.2, 0.25) is 0 Å². The molecule has 0 amide bonds. The van der Waals surface area contributed by atoms with Crippen LogP contribution in [0.5, 0.6) is 0 Å². The van der Waals surface area contributed by atoms with Gasteiger partial charge in [0.15, 0.2) is 5.69 Å². The van der Waals surface area contributed by atoms with Crippen LogP contribution in [-0.4, -0.2) is 9.90 Å². The van der Waals surface area contributed by atoms with Crippen LogP contribution in [0.1, 0.15) is 39.1 Å². The van der Waals surface area contributed by atoms with Gasteiger partial charge in [-0.3, -0.25) is 4.68 Å². The van der Waals surface area contributed by atoms with Crippen molar-refractivity contribution in [2.45, 2.75) is 48.5 Å². The maximum absolute atomic E-state index is 4.83. The topological polar surface area (TPSA) is 21.7 Å². The van der Waals surface area contributed by atoms with Crippen LogP contribution in [0.15, 0.2) is 24.3 Å². The van der Waals surface area contributed by atoms with Crippen molar-refractivity contribution >= 4 is 0 Å². The summed E-state index contributed by atoms with van der Waals surface area (Å²) < 4.78 is 3.89. The van der Waals surface area contributed by atoms with Crippen molar-refractivity contribution in [2.75, 3.05) is 0 Å². The zero-order chi connectivity index (χ0) is 17.6. The molecule has 3 aromatic rings. The molecule has 3 rings (SSSR count). The number of rotatable bonds is 2. The third-order valence-electron chi connectivity index (χ3n) is 4.46. The fraction of sp³-hybridized carbons (Fsp3) is 0.333. The summed E-state index contributed by atoms with van der Waals surface area (Å²) in [5.74, 6) is 0. The minimum Gasteiger partial charge on any atom is -0.263 e. The predicted molar refractivity (Wildman–Crippen MR) is 97.1 cm³/mol. The molecule has 0 aliphatic heterocycles. The van der Waals surface area contributed by atoms with Crippen molar-refractivity contribution in [3.63, 3.8) is 0 Å². The smallest absolute Gasteiger partial charge is 0.159 e. The number of benzene rings is 2. The van der Waals surface area contributed by atoms with Crippen LogP contribution >= 0.6 is 0 Å². The van der Waals surface area contributed by atoms with E-state index in [2.05, 4.69) is 78.9 Å². The molecule has 0 unspecified atom stereocenters. The Labute approximate surface area is 144 Å². The highest BCUT2D eigenvalue weighted by Gasteiger charge is 2.16. The van der Waals surface area contributed by atoms with Crippen LogP contribution in [0.25, 0.3) is 11.4 Å². The second-order valence-corrected chi connectivity index (χ2v) is 6.90. The molecule has 1 heterocycles. The zero-order valence-corrected chi connectivity index (χ0v) is 15.7. The van der Waals surface area contributed by atoms with Gasteiger partial charge < -0.3 is 0 Å². The molecule has 0 aliphatic carbocycles. The Hall–Kier alpha value is -2.42. The molecule has 2 aromatic carbocycles. The van der Waals surface area contributed by atoms with E-state index in [1.807, 2.05) is 9.36 Å². The monoisotopic (exact) mass is 319 g/mol. The Kier molecular flexibility index (Phi) is 4.04. The highest BCUT2D eigenvalue weighted by molar-refractivity contribution is 5.49. The van der Waals surface area contributed by atoms with E-state index < -0.39 is 0 Å². The van der Waals surface area contributed by atoms with Gasteiger partial charge in [0, 0.05) is 11.9 Å². The number of aryl methyl sites for hydroxylation is 7. The van der Waals surface area contributed by atoms with Gasteiger partial charge in [-0.15, -0.1) is 4.68 Å². The maximum atomic E-state index is 4.83. The summed E-state index contributed by atoms with van der Waals surface area (Å²) in [5.41, 5.74) is 10.7. The van der Waals surface area contributed by atoms with Crippen LogP contribution in [-0.2, 0) is 0 Å². The molecule has 0 atom stereocenters. The minimum absolute atomic E-state index is 1.00. The fourth-order valence-electron chi connectivity index (χ4n) is 3.71. The second kappa shape index (κ2) is 5.90. The molecule has 0 aliphatic rings. The van der Waals surface area contributed by atoms with Gasteiger partial charge in [0.05, 0.1) is 10.9 Å². The van der Waals surface area contributed by atoms with E-state index in [-0.39, 0.29) is 0 Å². The van der Waals surface area contributed by atoms with Gasteiger partial charge in [0.1, 0.15) is 0 Å². The second-order valence-electron chi connectivity index (χ2n) is 6.90. The Morgan fingerprint density at radius 2 is 1.21 bits per heavy atom. The van der Waals surface area contributed by atoms with E-state index in [9.17, 15) is 0 Å². The van der Waals surface area contributed by atoms with E-state index in [1.165, 1.54) is 33.4 Å². The van der Waals surface area contributed by atoms with Gasteiger partial charge in [-0.1, -0.05) is 60.4 Å². The van der Waals surface area contributed by atoms with E-state index >= 15 is 0 Å². The van der Waals surface area contributed by atoms with Crippen LogP contribution in [0.4, 0.5) is 0 Å². The molecule has 1 aromatic heterocycles. The molecular formula is C21H25N3. The summed E-state index contributed by atoms with van der Waals surface area (Å²) in [7, 11) is 0. The molecule has 124 valence electrons. The highest BCUT2D eigenvalue weighted by Crippen LogP contribution is 2.22. The molecule has 0 radical (unpaired) electrons. The maximum Gasteiger partial charge on any atom is 0.159 e. The number of aromatic nitrogens is 3. The summed E-state index contributed by atoms with van der Waals surface area (Å²) in [6, 6.07) is 8.80. The Morgan fingerprint density at radius 3 is 1.71 bits per heavy atom. The van der Waals surface area contributed by atoms with Crippen LogP contribution < -0.4 is 4.68 Å². The molecule has 0 saturated carbocycles. The lowest BCUT2D eigenvalue weighted by Crippen LogP contribution is -2.35. The summed E-state index contributed by atoms with van der Waals surface area (Å²) in [6.45, 7) is 14.9. The number of hydrogen-bond acceptors (Lipinski definition) is 1. The summed E-state index contributed by atoms with van der Waals surface area (Å²) >= 11 is 0. The van der Waals surface area contributed by atoms with E-state index in [0.717, 1.165) is 17.1 Å². The molecule has 0 spiro atoms. The SMILES string of the molecule is Cc1cc(C)c(-n2n[n+](-c3c(C)cc(C)cc3C)[c-]c2C)c(C)c1. The van der Waals surface area contributed by atoms with Gasteiger partial charge >= 0.3 is 0 Å². The van der Waals surface area contributed by atoms with Gasteiger partial charge in [-0.05, 0) is 45.7 Å². The summed E-state index contributed by atoms with van der Waals surface area (Å²) in [4.78, 5) is 0. The molecule has 0 saturated heterocycles. The number of hydrogen-bond donors (Lipinski definition) is 0. The first-order chi connectivity index (χ1) is 11.3. The first-order valence-electron chi connectivity index (χ1n) is 8.35. The highest BCUT2D eigenvalue weighted by atomic mass is 15.5. The van der Waals surface area contributed by atoms with Gasteiger partial charge in [0.25, 0.3) is 0 Å². The molecule has 24 heavy (non-hydrogen) atoms. The third-order valence-corrected chi connectivity index (χ3v) is 4.46. The lowest BCUT2D eigenvalue weighted by atomic mass is 10.1. The molecule has 3 heteroatoms. The van der Waals surface area contributed by atoms with Crippen molar-refractivity contribution in [1.29, 1.82) is 0 Å². The molecule has 0 N–H and O–H groups in total. The number of nitrogens with zero attached hydrogens (tertiary/aromatic N) is 3. The summed E-state index contributed by atoms with van der Waals surface area (Å²) in [5, 5.41) is 4.83. The van der Waals surface area contributed by atoms with Gasteiger partial charge in [-0.2, -0.15) is 0 Å². The first-order valence-corrected chi connectivity index (χ1v) is 8.35. The molecule has 0 fully saturated rings. The molecule has 0 bridgehead atoms. The zero-order valence-electron chi connectivity index (χ0n) is 15.7. The van der Waals surface area contributed by atoms with Crippen LogP contribution in [0.2, 0.25) is 0 Å².